The Bertz CT molecular complexity index is 510. The molecule has 3 heteroatoms. The molecule has 1 saturated heterocycles. The zero-order chi connectivity index (χ0) is 15.1. The number of terminal acetylenes is 1. The van der Waals surface area contributed by atoms with Gasteiger partial charge in [0.05, 0.1) is 0 Å². The first-order chi connectivity index (χ1) is 10.2. The van der Waals surface area contributed by atoms with E-state index < -0.39 is 0 Å². The summed E-state index contributed by atoms with van der Waals surface area (Å²) in [4.78, 5) is 4.94. The number of rotatable bonds is 6. The molecule has 0 aromatic heterocycles. The minimum absolute atomic E-state index is 0.322. The summed E-state index contributed by atoms with van der Waals surface area (Å²) in [5.74, 6) is 3.35. The maximum atomic E-state index is 5.47. The molecule has 2 rings (SSSR count). The molecule has 1 aromatic carbocycles. The molecule has 0 aliphatic carbocycles. The van der Waals surface area contributed by atoms with Crippen LogP contribution in [0.25, 0.3) is 0 Å². The third kappa shape index (κ3) is 5.26. The largest absolute Gasteiger partial charge is 0.481 e. The Hall–Kier alpha value is -1.76. The van der Waals surface area contributed by atoms with Crippen LogP contribution in [-0.4, -0.2) is 49.1 Å². The summed E-state index contributed by atoms with van der Waals surface area (Å²) in [7, 11) is 0. The smallest absolute Gasteiger partial charge is 0.148 e. The van der Waals surface area contributed by atoms with Gasteiger partial charge in [0.1, 0.15) is 12.4 Å². The van der Waals surface area contributed by atoms with Crippen molar-refractivity contribution in [3.8, 4) is 18.1 Å². The first-order valence-electron chi connectivity index (χ1n) is 7.41. The van der Waals surface area contributed by atoms with Crippen LogP contribution in [0.15, 0.2) is 36.4 Å². The predicted molar refractivity (Wildman–Crippen MR) is 87.3 cm³/mol. The van der Waals surface area contributed by atoms with Gasteiger partial charge in [-0.1, -0.05) is 30.2 Å². The second-order valence-corrected chi connectivity index (χ2v) is 5.65. The van der Waals surface area contributed by atoms with Crippen LogP contribution in [0.3, 0.4) is 0 Å². The van der Waals surface area contributed by atoms with Crippen LogP contribution < -0.4 is 4.74 Å². The van der Waals surface area contributed by atoms with Crippen molar-refractivity contribution >= 4 is 0 Å². The van der Waals surface area contributed by atoms with Crippen LogP contribution in [0.5, 0.6) is 5.75 Å². The second-order valence-electron chi connectivity index (χ2n) is 5.65. The lowest BCUT2D eigenvalue weighted by Gasteiger charge is -2.34. The Kier molecular flexibility index (Phi) is 5.86. The molecule has 1 aliphatic rings. The second kappa shape index (κ2) is 7.87. The molecule has 0 radical (unpaired) electrons. The predicted octanol–water partition coefficient (Wildman–Crippen LogP) is 2.39. The first kappa shape index (κ1) is 15.6. The minimum atomic E-state index is 0.322. The van der Waals surface area contributed by atoms with Gasteiger partial charge in [0, 0.05) is 39.3 Å². The van der Waals surface area contributed by atoms with E-state index in [4.69, 9.17) is 11.2 Å². The van der Waals surface area contributed by atoms with Gasteiger partial charge in [-0.05, 0) is 24.6 Å². The highest BCUT2D eigenvalue weighted by atomic mass is 16.5. The molecule has 1 aromatic rings. The molecule has 1 aliphatic heterocycles. The molecule has 0 amide bonds. The summed E-state index contributed by atoms with van der Waals surface area (Å²) in [6.45, 7) is 12.8. The number of hydrogen-bond donors (Lipinski definition) is 0. The molecule has 0 spiro atoms. The van der Waals surface area contributed by atoms with Crippen molar-refractivity contribution in [2.45, 2.75) is 13.5 Å². The molecular weight excluding hydrogens is 260 g/mol. The van der Waals surface area contributed by atoms with E-state index in [1.807, 2.05) is 12.1 Å². The lowest BCUT2D eigenvalue weighted by Crippen LogP contribution is -2.46. The van der Waals surface area contributed by atoms with Gasteiger partial charge in [-0.15, -0.1) is 6.42 Å². The quantitative estimate of drug-likeness (QED) is 0.589. The molecule has 0 N–H and O–H groups in total. The topological polar surface area (TPSA) is 15.7 Å². The summed E-state index contributed by atoms with van der Waals surface area (Å²) in [5.41, 5.74) is 2.51. The van der Waals surface area contributed by atoms with Crippen LogP contribution in [-0.2, 0) is 6.54 Å². The van der Waals surface area contributed by atoms with Gasteiger partial charge in [0.2, 0.25) is 0 Å². The van der Waals surface area contributed by atoms with Crippen LogP contribution in [0.2, 0.25) is 0 Å². The zero-order valence-electron chi connectivity index (χ0n) is 12.8. The van der Waals surface area contributed by atoms with E-state index >= 15 is 0 Å². The van der Waals surface area contributed by atoms with Crippen molar-refractivity contribution in [3.63, 3.8) is 0 Å². The van der Waals surface area contributed by atoms with E-state index in [0.29, 0.717) is 6.61 Å². The molecule has 1 fully saturated rings. The van der Waals surface area contributed by atoms with E-state index in [1.54, 1.807) is 0 Å². The normalized spacial score (nSPS) is 16.4. The van der Waals surface area contributed by atoms with Gasteiger partial charge in [0.15, 0.2) is 0 Å². The number of piperazine rings is 1. The molecule has 0 unspecified atom stereocenters. The van der Waals surface area contributed by atoms with Gasteiger partial charge in [0.25, 0.3) is 0 Å². The fraction of sp³-hybridized carbons (Fsp3) is 0.444. The highest BCUT2D eigenvalue weighted by Crippen LogP contribution is 2.16. The fourth-order valence-corrected chi connectivity index (χ4v) is 2.60. The number of ether oxygens (including phenoxy) is 1. The van der Waals surface area contributed by atoms with Crippen molar-refractivity contribution in [2.24, 2.45) is 0 Å². The number of nitrogens with zero attached hydrogens (tertiary/aromatic N) is 2. The van der Waals surface area contributed by atoms with Gasteiger partial charge in [-0.25, -0.2) is 0 Å². The van der Waals surface area contributed by atoms with Gasteiger partial charge in [-0.3, -0.25) is 9.80 Å². The third-order valence-electron chi connectivity index (χ3n) is 3.59. The standard InChI is InChI=1S/C18H24N2O/c1-4-12-21-18-7-5-6-17(13-18)15-20-10-8-19(9-11-20)14-16(2)3/h1,5-7,13H,2,8-12,14-15H2,3H3. The molecule has 1 heterocycles. The van der Waals surface area contributed by atoms with E-state index in [2.05, 4.69) is 41.4 Å². The maximum Gasteiger partial charge on any atom is 0.148 e. The molecule has 3 nitrogen and oxygen atoms in total. The zero-order valence-corrected chi connectivity index (χ0v) is 12.8. The summed E-state index contributed by atoms with van der Waals surface area (Å²) in [6, 6.07) is 8.20. The lowest BCUT2D eigenvalue weighted by molar-refractivity contribution is 0.135. The average molecular weight is 284 g/mol. The number of benzene rings is 1. The van der Waals surface area contributed by atoms with Crippen LogP contribution in [0, 0.1) is 12.3 Å². The Morgan fingerprint density at radius 1 is 1.29 bits per heavy atom. The Morgan fingerprint density at radius 2 is 2.00 bits per heavy atom. The van der Waals surface area contributed by atoms with Crippen molar-refractivity contribution in [2.75, 3.05) is 39.3 Å². The molecular formula is C18H24N2O. The van der Waals surface area contributed by atoms with E-state index in [0.717, 1.165) is 45.0 Å². The summed E-state index contributed by atoms with van der Waals surface area (Å²) in [6.07, 6.45) is 5.22. The molecule has 0 atom stereocenters. The number of hydrogen-bond acceptors (Lipinski definition) is 3. The highest BCUT2D eigenvalue weighted by molar-refractivity contribution is 5.28. The van der Waals surface area contributed by atoms with E-state index in [1.165, 1.54) is 11.1 Å². The Balaban J connectivity index is 1.83. The lowest BCUT2D eigenvalue weighted by atomic mass is 10.2. The van der Waals surface area contributed by atoms with Crippen molar-refractivity contribution < 1.29 is 4.74 Å². The summed E-state index contributed by atoms with van der Waals surface area (Å²) in [5, 5.41) is 0. The minimum Gasteiger partial charge on any atom is -0.481 e. The SMILES string of the molecule is C#CCOc1cccc(CN2CCN(CC(=C)C)CC2)c1. The molecule has 0 bridgehead atoms. The van der Waals surface area contributed by atoms with Crippen molar-refractivity contribution in [3.05, 3.63) is 42.0 Å². The monoisotopic (exact) mass is 284 g/mol. The average Bonchev–Trinajstić information content (AvgIpc) is 2.47. The summed E-state index contributed by atoms with van der Waals surface area (Å²) < 4.78 is 5.47. The molecule has 21 heavy (non-hydrogen) atoms. The van der Waals surface area contributed by atoms with Crippen molar-refractivity contribution in [1.82, 2.24) is 9.80 Å². The van der Waals surface area contributed by atoms with Gasteiger partial charge >= 0.3 is 0 Å². The first-order valence-corrected chi connectivity index (χ1v) is 7.41. The molecule has 0 saturated carbocycles. The van der Waals surface area contributed by atoms with Crippen LogP contribution in [0.4, 0.5) is 0 Å². The van der Waals surface area contributed by atoms with Crippen LogP contribution >= 0.6 is 0 Å². The Morgan fingerprint density at radius 3 is 2.67 bits per heavy atom. The summed E-state index contributed by atoms with van der Waals surface area (Å²) >= 11 is 0. The van der Waals surface area contributed by atoms with E-state index in [9.17, 15) is 0 Å². The highest BCUT2D eigenvalue weighted by Gasteiger charge is 2.16. The maximum absolute atomic E-state index is 5.47. The fourth-order valence-electron chi connectivity index (χ4n) is 2.60. The van der Waals surface area contributed by atoms with Gasteiger partial charge in [-0.2, -0.15) is 0 Å². The van der Waals surface area contributed by atoms with Crippen LogP contribution in [0.1, 0.15) is 12.5 Å². The van der Waals surface area contributed by atoms with E-state index in [-0.39, 0.29) is 0 Å². The molecule has 112 valence electrons. The van der Waals surface area contributed by atoms with Crippen molar-refractivity contribution in [1.29, 1.82) is 0 Å². The van der Waals surface area contributed by atoms with Gasteiger partial charge < -0.3 is 4.74 Å². The third-order valence-corrected chi connectivity index (χ3v) is 3.59. The Labute approximate surface area is 128 Å².